The van der Waals surface area contributed by atoms with Crippen molar-refractivity contribution in [2.75, 3.05) is 33.9 Å². The molecule has 1 aliphatic heterocycles. The Balaban J connectivity index is 1.56. The van der Waals surface area contributed by atoms with E-state index in [9.17, 15) is 0 Å². The van der Waals surface area contributed by atoms with Gasteiger partial charge in [0.05, 0.1) is 31.5 Å². The first kappa shape index (κ1) is 23.3. The topological polar surface area (TPSA) is 71.0 Å². The molecule has 1 aromatic heterocycles. The number of hydrogen-bond donors (Lipinski definition) is 2. The van der Waals surface area contributed by atoms with E-state index in [4.69, 9.17) is 14.5 Å². The zero-order valence-electron chi connectivity index (χ0n) is 19.3. The minimum absolute atomic E-state index is 0.368. The average molecular weight is 446 g/mol. The molecule has 31 heavy (non-hydrogen) atoms. The molecule has 1 unspecified atom stereocenters. The second-order valence-corrected chi connectivity index (χ2v) is 9.00. The Morgan fingerprint density at radius 1 is 1.26 bits per heavy atom. The summed E-state index contributed by atoms with van der Waals surface area (Å²) in [5, 5.41) is 10.3. The van der Waals surface area contributed by atoms with Gasteiger partial charge in [0.25, 0.3) is 0 Å². The van der Waals surface area contributed by atoms with Crippen LogP contribution in [0.4, 0.5) is 0 Å². The van der Waals surface area contributed by atoms with Crippen LogP contribution in [0.2, 0.25) is 0 Å². The lowest BCUT2D eigenvalue weighted by atomic mass is 10.2. The van der Waals surface area contributed by atoms with Crippen molar-refractivity contribution in [2.45, 2.75) is 52.2 Å². The number of likely N-dealkylation sites (tertiary alicyclic amines) is 1. The van der Waals surface area contributed by atoms with E-state index in [-0.39, 0.29) is 0 Å². The summed E-state index contributed by atoms with van der Waals surface area (Å²) in [7, 11) is 3.37. The van der Waals surface area contributed by atoms with Gasteiger partial charge < -0.3 is 20.1 Å². The first-order valence-corrected chi connectivity index (χ1v) is 11.8. The summed E-state index contributed by atoms with van der Waals surface area (Å²) in [5.41, 5.74) is 2.23. The fourth-order valence-electron chi connectivity index (χ4n) is 3.64. The quantitative estimate of drug-likeness (QED) is 0.454. The Morgan fingerprint density at radius 2 is 2.00 bits per heavy atom. The molecule has 0 spiro atoms. The van der Waals surface area contributed by atoms with E-state index in [1.165, 1.54) is 10.6 Å². The highest BCUT2D eigenvalue weighted by molar-refractivity contribution is 7.09. The SMILES string of the molecule is CCNC(=NCc1csc(C(C)C)n1)NC1CCN(Cc2cc(OC)cc(OC)c2)C1. The molecule has 0 saturated carbocycles. The second kappa shape index (κ2) is 11.3. The Hall–Kier alpha value is -2.32. The molecule has 170 valence electrons. The summed E-state index contributed by atoms with van der Waals surface area (Å²) in [6.45, 7) is 10.7. The fourth-order valence-corrected chi connectivity index (χ4v) is 4.47. The predicted molar refractivity (Wildman–Crippen MR) is 127 cm³/mol. The fraction of sp³-hybridized carbons (Fsp3) is 0.565. The van der Waals surface area contributed by atoms with E-state index in [0.29, 0.717) is 18.5 Å². The van der Waals surface area contributed by atoms with Crippen molar-refractivity contribution in [3.05, 3.63) is 39.8 Å². The van der Waals surface area contributed by atoms with E-state index in [0.717, 1.165) is 55.8 Å². The van der Waals surface area contributed by atoms with Gasteiger partial charge in [-0.25, -0.2) is 9.98 Å². The van der Waals surface area contributed by atoms with Crippen molar-refractivity contribution in [2.24, 2.45) is 4.99 Å². The summed E-state index contributed by atoms with van der Waals surface area (Å²) in [4.78, 5) is 11.9. The lowest BCUT2D eigenvalue weighted by Crippen LogP contribution is -2.44. The molecule has 1 fully saturated rings. The molecule has 7 nitrogen and oxygen atoms in total. The Morgan fingerprint density at radius 3 is 2.61 bits per heavy atom. The first-order valence-electron chi connectivity index (χ1n) is 10.9. The molecule has 0 radical (unpaired) electrons. The van der Waals surface area contributed by atoms with Gasteiger partial charge in [0.1, 0.15) is 11.5 Å². The van der Waals surface area contributed by atoms with Gasteiger partial charge in [-0.05, 0) is 31.0 Å². The third-order valence-corrected chi connectivity index (χ3v) is 6.43. The summed E-state index contributed by atoms with van der Waals surface area (Å²) in [6.07, 6.45) is 1.08. The highest BCUT2D eigenvalue weighted by Gasteiger charge is 2.23. The Bertz CT molecular complexity index is 845. The van der Waals surface area contributed by atoms with E-state index >= 15 is 0 Å². The zero-order chi connectivity index (χ0) is 22.2. The van der Waals surface area contributed by atoms with Gasteiger partial charge in [0.2, 0.25) is 0 Å². The van der Waals surface area contributed by atoms with Crippen LogP contribution < -0.4 is 20.1 Å². The molecule has 0 aliphatic carbocycles. The summed E-state index contributed by atoms with van der Waals surface area (Å²) in [6, 6.07) is 6.43. The summed E-state index contributed by atoms with van der Waals surface area (Å²) in [5.74, 6) is 2.97. The third-order valence-electron chi connectivity index (χ3n) is 5.24. The maximum atomic E-state index is 5.40. The summed E-state index contributed by atoms with van der Waals surface area (Å²) >= 11 is 1.72. The lowest BCUT2D eigenvalue weighted by Gasteiger charge is -2.19. The van der Waals surface area contributed by atoms with Crippen molar-refractivity contribution < 1.29 is 9.47 Å². The summed E-state index contributed by atoms with van der Waals surface area (Å²) < 4.78 is 10.8. The minimum Gasteiger partial charge on any atom is -0.497 e. The lowest BCUT2D eigenvalue weighted by molar-refractivity contribution is 0.321. The Kier molecular flexibility index (Phi) is 8.54. The van der Waals surface area contributed by atoms with E-state index < -0.39 is 0 Å². The van der Waals surface area contributed by atoms with Gasteiger partial charge in [0, 0.05) is 49.6 Å². The number of thiazole rings is 1. The molecule has 1 aliphatic rings. The molecule has 1 saturated heterocycles. The molecule has 8 heteroatoms. The van der Waals surface area contributed by atoms with Crippen molar-refractivity contribution in [1.29, 1.82) is 0 Å². The number of benzene rings is 1. The van der Waals surface area contributed by atoms with Gasteiger partial charge in [-0.15, -0.1) is 11.3 Å². The van der Waals surface area contributed by atoms with Crippen LogP contribution in [0.1, 0.15) is 49.4 Å². The molecule has 2 heterocycles. The normalized spacial score (nSPS) is 17.2. The highest BCUT2D eigenvalue weighted by atomic mass is 32.1. The van der Waals surface area contributed by atoms with Crippen molar-refractivity contribution in [3.8, 4) is 11.5 Å². The average Bonchev–Trinajstić information content (AvgIpc) is 3.41. The highest BCUT2D eigenvalue weighted by Crippen LogP contribution is 2.24. The smallest absolute Gasteiger partial charge is 0.191 e. The molecule has 1 aromatic carbocycles. The number of nitrogens with zero attached hydrogens (tertiary/aromatic N) is 3. The van der Waals surface area contributed by atoms with Crippen molar-refractivity contribution >= 4 is 17.3 Å². The largest absolute Gasteiger partial charge is 0.497 e. The maximum absolute atomic E-state index is 5.40. The maximum Gasteiger partial charge on any atom is 0.191 e. The van der Waals surface area contributed by atoms with Crippen LogP contribution in [-0.2, 0) is 13.1 Å². The van der Waals surface area contributed by atoms with Gasteiger partial charge in [0.15, 0.2) is 5.96 Å². The van der Waals surface area contributed by atoms with Crippen molar-refractivity contribution in [1.82, 2.24) is 20.5 Å². The zero-order valence-corrected chi connectivity index (χ0v) is 20.1. The number of aliphatic imine (C=N–C) groups is 1. The number of nitrogens with one attached hydrogen (secondary N) is 2. The van der Waals surface area contributed by atoms with E-state index in [1.807, 2.05) is 6.07 Å². The molecule has 1 atom stereocenters. The molecule has 0 amide bonds. The van der Waals surface area contributed by atoms with Gasteiger partial charge in [-0.2, -0.15) is 0 Å². The number of hydrogen-bond acceptors (Lipinski definition) is 6. The van der Waals surface area contributed by atoms with Crippen LogP contribution in [0.25, 0.3) is 0 Å². The monoisotopic (exact) mass is 445 g/mol. The van der Waals surface area contributed by atoms with E-state index in [2.05, 4.69) is 58.8 Å². The standard InChI is InChI=1S/C23H35N5O2S/c1-6-24-23(25-12-19-15-31-22(26-19)16(2)3)27-18-7-8-28(14-18)13-17-9-20(29-4)11-21(10-17)30-5/h9-11,15-16,18H,6-8,12-14H2,1-5H3,(H2,24,25,27). The minimum atomic E-state index is 0.368. The van der Waals surface area contributed by atoms with Crippen LogP contribution in [0.3, 0.4) is 0 Å². The second-order valence-electron chi connectivity index (χ2n) is 8.11. The van der Waals surface area contributed by atoms with Gasteiger partial charge in [-0.1, -0.05) is 13.8 Å². The Labute approximate surface area is 189 Å². The van der Waals surface area contributed by atoms with Crippen LogP contribution in [0.15, 0.2) is 28.6 Å². The predicted octanol–water partition coefficient (Wildman–Crippen LogP) is 3.61. The number of ether oxygens (including phenoxy) is 2. The van der Waals surface area contributed by atoms with Crippen LogP contribution in [0.5, 0.6) is 11.5 Å². The number of methoxy groups -OCH3 is 2. The van der Waals surface area contributed by atoms with Crippen LogP contribution >= 0.6 is 11.3 Å². The third kappa shape index (κ3) is 6.83. The number of aromatic nitrogens is 1. The molecular weight excluding hydrogens is 410 g/mol. The molecular formula is C23H35N5O2S. The van der Waals surface area contributed by atoms with Crippen LogP contribution in [-0.4, -0.2) is 55.7 Å². The van der Waals surface area contributed by atoms with Crippen molar-refractivity contribution in [3.63, 3.8) is 0 Å². The molecule has 3 rings (SSSR count). The molecule has 2 aromatic rings. The van der Waals surface area contributed by atoms with Gasteiger partial charge in [-0.3, -0.25) is 4.90 Å². The molecule has 0 bridgehead atoms. The molecule has 2 N–H and O–H groups in total. The number of rotatable bonds is 9. The van der Waals surface area contributed by atoms with E-state index in [1.54, 1.807) is 25.6 Å². The van der Waals surface area contributed by atoms with Crippen LogP contribution in [0, 0.1) is 0 Å². The first-order chi connectivity index (χ1) is 15.0. The number of guanidine groups is 1. The van der Waals surface area contributed by atoms with Gasteiger partial charge >= 0.3 is 0 Å².